The molecule has 2 heteroatoms. The van der Waals surface area contributed by atoms with Crippen molar-refractivity contribution in [2.75, 3.05) is 0 Å². The molecule has 1 aliphatic carbocycles. The van der Waals surface area contributed by atoms with E-state index in [1.54, 1.807) is 0 Å². The van der Waals surface area contributed by atoms with Crippen LogP contribution in [-0.2, 0) is 12.8 Å². The largest absolute Gasteiger partial charge is 0.358 e. The summed E-state index contributed by atoms with van der Waals surface area (Å²) in [5.41, 5.74) is 4.83. The zero-order valence-corrected chi connectivity index (χ0v) is 9.47. The minimum absolute atomic E-state index is 0.231. The second-order valence-electron chi connectivity index (χ2n) is 4.47. The van der Waals surface area contributed by atoms with Gasteiger partial charge in [-0.3, -0.25) is 4.79 Å². The van der Waals surface area contributed by atoms with E-state index in [1.165, 1.54) is 28.6 Å². The molecule has 0 atom stereocenters. The Balaban J connectivity index is 2.20. The Morgan fingerprint density at radius 1 is 1.38 bits per heavy atom. The molecule has 0 amide bonds. The molecule has 0 radical (unpaired) electrons. The predicted octanol–water partition coefficient (Wildman–Crippen LogP) is 3.25. The van der Waals surface area contributed by atoms with Gasteiger partial charge in [-0.1, -0.05) is 6.92 Å². The van der Waals surface area contributed by atoms with Gasteiger partial charge in [0.1, 0.15) is 0 Å². The molecule has 0 saturated carbocycles. The molecule has 2 nitrogen and oxygen atoms in total. The first-order valence-electron chi connectivity index (χ1n) is 5.96. The van der Waals surface area contributed by atoms with E-state index in [0.29, 0.717) is 6.42 Å². The highest BCUT2D eigenvalue weighted by molar-refractivity contribution is 6.00. The fourth-order valence-electron chi connectivity index (χ4n) is 2.62. The number of benzene rings is 1. The number of rotatable bonds is 2. The average molecular weight is 213 g/mol. The zero-order valence-electron chi connectivity index (χ0n) is 9.47. The van der Waals surface area contributed by atoms with Crippen molar-refractivity contribution in [2.45, 2.75) is 32.6 Å². The Morgan fingerprint density at radius 3 is 3.06 bits per heavy atom. The molecular weight excluding hydrogens is 198 g/mol. The van der Waals surface area contributed by atoms with Crippen LogP contribution >= 0.6 is 0 Å². The van der Waals surface area contributed by atoms with Gasteiger partial charge in [-0.15, -0.1) is 0 Å². The van der Waals surface area contributed by atoms with Crippen molar-refractivity contribution in [3.8, 4) is 0 Å². The van der Waals surface area contributed by atoms with Crippen LogP contribution in [0.1, 0.15) is 41.4 Å². The minimum atomic E-state index is 0.231. The Hall–Kier alpha value is -1.57. The first-order valence-corrected chi connectivity index (χ1v) is 5.96. The molecule has 16 heavy (non-hydrogen) atoms. The van der Waals surface area contributed by atoms with Gasteiger partial charge in [-0.25, -0.2) is 0 Å². The summed E-state index contributed by atoms with van der Waals surface area (Å²) in [4.78, 5) is 15.1. The van der Waals surface area contributed by atoms with Crippen molar-refractivity contribution in [3.05, 3.63) is 35.0 Å². The van der Waals surface area contributed by atoms with Crippen LogP contribution < -0.4 is 0 Å². The lowest BCUT2D eigenvalue weighted by molar-refractivity contribution is 0.0988. The standard InChI is InChI=1S/C14H15NO/c1-2-14(16)9-6-7-13-11(8-9)10-4-3-5-12(10)15-13/h6-8,15H,2-5H2,1H3. The van der Waals surface area contributed by atoms with Crippen molar-refractivity contribution in [2.24, 2.45) is 0 Å². The van der Waals surface area contributed by atoms with Crippen LogP contribution in [0.5, 0.6) is 0 Å². The van der Waals surface area contributed by atoms with Crippen molar-refractivity contribution in [1.82, 2.24) is 4.98 Å². The number of hydrogen-bond acceptors (Lipinski definition) is 1. The molecule has 3 rings (SSSR count). The summed E-state index contributed by atoms with van der Waals surface area (Å²) < 4.78 is 0. The lowest BCUT2D eigenvalue weighted by atomic mass is 10.0. The number of hydrogen-bond donors (Lipinski definition) is 1. The Morgan fingerprint density at radius 2 is 2.25 bits per heavy atom. The van der Waals surface area contributed by atoms with E-state index in [9.17, 15) is 4.79 Å². The molecule has 1 N–H and O–H groups in total. The molecule has 0 bridgehead atoms. The number of aromatic amines is 1. The van der Waals surface area contributed by atoms with Crippen LogP contribution in [0.2, 0.25) is 0 Å². The quantitative estimate of drug-likeness (QED) is 0.763. The maximum absolute atomic E-state index is 11.7. The smallest absolute Gasteiger partial charge is 0.162 e. The van der Waals surface area contributed by atoms with E-state index in [1.807, 2.05) is 19.1 Å². The van der Waals surface area contributed by atoms with E-state index < -0.39 is 0 Å². The number of carbonyl (C=O) groups is 1. The first-order chi connectivity index (χ1) is 7.79. The Kier molecular flexibility index (Phi) is 2.10. The van der Waals surface area contributed by atoms with Gasteiger partial charge in [-0.05, 0) is 43.0 Å². The van der Waals surface area contributed by atoms with Crippen molar-refractivity contribution in [3.63, 3.8) is 0 Å². The molecule has 82 valence electrons. The summed E-state index contributed by atoms with van der Waals surface area (Å²) in [5.74, 6) is 0.231. The summed E-state index contributed by atoms with van der Waals surface area (Å²) in [6.45, 7) is 1.91. The predicted molar refractivity (Wildman–Crippen MR) is 64.9 cm³/mol. The third-order valence-corrected chi connectivity index (χ3v) is 3.49. The molecule has 0 spiro atoms. The number of H-pyrrole nitrogens is 1. The number of ketones is 1. The average Bonchev–Trinajstić information content (AvgIpc) is 2.87. The monoisotopic (exact) mass is 213 g/mol. The van der Waals surface area contributed by atoms with Crippen LogP contribution in [0.4, 0.5) is 0 Å². The summed E-state index contributed by atoms with van der Waals surface area (Å²) in [7, 11) is 0. The third-order valence-electron chi connectivity index (χ3n) is 3.49. The molecule has 1 aromatic carbocycles. The fourth-order valence-corrected chi connectivity index (χ4v) is 2.62. The maximum atomic E-state index is 11.7. The summed E-state index contributed by atoms with van der Waals surface area (Å²) in [6, 6.07) is 6.03. The van der Waals surface area contributed by atoms with Gasteiger partial charge in [0.25, 0.3) is 0 Å². The van der Waals surface area contributed by atoms with Gasteiger partial charge in [0.05, 0.1) is 0 Å². The molecule has 1 aromatic heterocycles. The number of fused-ring (bicyclic) bond motifs is 3. The van der Waals surface area contributed by atoms with Crippen molar-refractivity contribution in [1.29, 1.82) is 0 Å². The lowest BCUT2D eigenvalue weighted by Crippen LogP contribution is -1.95. The molecule has 0 aliphatic heterocycles. The number of aromatic nitrogens is 1. The van der Waals surface area contributed by atoms with E-state index in [-0.39, 0.29) is 5.78 Å². The summed E-state index contributed by atoms with van der Waals surface area (Å²) in [5, 5.41) is 1.26. The molecular formula is C14H15NO. The number of nitrogens with one attached hydrogen (secondary N) is 1. The van der Waals surface area contributed by atoms with Gasteiger partial charge < -0.3 is 4.98 Å². The van der Waals surface area contributed by atoms with Crippen LogP contribution in [0.3, 0.4) is 0 Å². The highest BCUT2D eigenvalue weighted by Crippen LogP contribution is 2.30. The second kappa shape index (κ2) is 3.48. The van der Waals surface area contributed by atoms with Crippen LogP contribution in [0.15, 0.2) is 18.2 Å². The highest BCUT2D eigenvalue weighted by Gasteiger charge is 2.17. The molecule has 0 unspecified atom stereocenters. The van der Waals surface area contributed by atoms with Crippen molar-refractivity contribution < 1.29 is 4.79 Å². The van der Waals surface area contributed by atoms with E-state index in [4.69, 9.17) is 0 Å². The SMILES string of the molecule is CCC(=O)c1ccc2[nH]c3c(c2c1)CCC3. The Labute approximate surface area is 94.7 Å². The maximum Gasteiger partial charge on any atom is 0.162 e. The summed E-state index contributed by atoms with van der Waals surface area (Å²) in [6.07, 6.45) is 4.13. The number of aryl methyl sites for hydroxylation is 2. The number of carbonyl (C=O) groups excluding carboxylic acids is 1. The van der Waals surface area contributed by atoms with Crippen LogP contribution in [0, 0.1) is 0 Å². The van der Waals surface area contributed by atoms with E-state index in [0.717, 1.165) is 18.4 Å². The molecule has 2 aromatic rings. The van der Waals surface area contributed by atoms with Gasteiger partial charge >= 0.3 is 0 Å². The topological polar surface area (TPSA) is 32.9 Å². The highest BCUT2D eigenvalue weighted by atomic mass is 16.1. The molecule has 0 saturated heterocycles. The van der Waals surface area contributed by atoms with E-state index >= 15 is 0 Å². The van der Waals surface area contributed by atoms with Crippen LogP contribution in [-0.4, -0.2) is 10.8 Å². The Bertz CT molecular complexity index is 565. The van der Waals surface area contributed by atoms with Crippen molar-refractivity contribution >= 4 is 16.7 Å². The summed E-state index contributed by atoms with van der Waals surface area (Å²) >= 11 is 0. The van der Waals surface area contributed by atoms with Gasteiger partial charge in [0, 0.05) is 28.6 Å². The number of Topliss-reactive ketones (excluding diaryl/α,β-unsaturated/α-hetero) is 1. The lowest BCUT2D eigenvalue weighted by Gasteiger charge is -1.99. The third kappa shape index (κ3) is 1.29. The van der Waals surface area contributed by atoms with Crippen LogP contribution in [0.25, 0.3) is 10.9 Å². The van der Waals surface area contributed by atoms with Gasteiger partial charge in [0.2, 0.25) is 0 Å². The molecule has 0 fully saturated rings. The fraction of sp³-hybridized carbons (Fsp3) is 0.357. The second-order valence-corrected chi connectivity index (χ2v) is 4.47. The minimum Gasteiger partial charge on any atom is -0.358 e. The van der Waals surface area contributed by atoms with E-state index in [2.05, 4.69) is 11.1 Å². The first kappa shape index (κ1) is 9.64. The normalized spacial score (nSPS) is 14.3. The molecule has 1 heterocycles. The van der Waals surface area contributed by atoms with Gasteiger partial charge in [-0.2, -0.15) is 0 Å². The zero-order chi connectivity index (χ0) is 11.1. The van der Waals surface area contributed by atoms with Gasteiger partial charge in [0.15, 0.2) is 5.78 Å². The molecule has 1 aliphatic rings.